The summed E-state index contributed by atoms with van der Waals surface area (Å²) in [6, 6.07) is 0. The SMILES string of the molecule is CN1CCC(C)(CNc2ncncc2C(=O)O)CC1. The summed E-state index contributed by atoms with van der Waals surface area (Å²) < 4.78 is 0. The third kappa shape index (κ3) is 3.41. The largest absolute Gasteiger partial charge is 0.477 e. The highest BCUT2D eigenvalue weighted by Gasteiger charge is 2.29. The minimum atomic E-state index is -1.00. The van der Waals surface area contributed by atoms with Crippen molar-refractivity contribution in [3.8, 4) is 0 Å². The maximum absolute atomic E-state index is 11.1. The van der Waals surface area contributed by atoms with Crippen molar-refractivity contribution in [2.24, 2.45) is 5.41 Å². The number of aromatic carboxylic acids is 1. The van der Waals surface area contributed by atoms with E-state index in [4.69, 9.17) is 5.11 Å². The first-order valence-corrected chi connectivity index (χ1v) is 6.46. The van der Waals surface area contributed by atoms with Crippen molar-refractivity contribution >= 4 is 11.8 Å². The highest BCUT2D eigenvalue weighted by Crippen LogP contribution is 2.30. The normalized spacial score (nSPS) is 19.1. The fourth-order valence-electron chi connectivity index (χ4n) is 2.26. The lowest BCUT2D eigenvalue weighted by Gasteiger charge is -2.38. The van der Waals surface area contributed by atoms with Crippen LogP contribution < -0.4 is 5.32 Å². The number of carboxylic acids is 1. The highest BCUT2D eigenvalue weighted by atomic mass is 16.4. The number of carboxylic acid groups (broad SMARTS) is 1. The number of carbonyl (C=O) groups is 1. The van der Waals surface area contributed by atoms with E-state index in [-0.39, 0.29) is 11.0 Å². The molecule has 6 nitrogen and oxygen atoms in total. The van der Waals surface area contributed by atoms with E-state index in [1.165, 1.54) is 12.5 Å². The zero-order valence-electron chi connectivity index (χ0n) is 11.4. The van der Waals surface area contributed by atoms with Gasteiger partial charge in [-0.05, 0) is 38.4 Å². The second-order valence-corrected chi connectivity index (χ2v) is 5.56. The van der Waals surface area contributed by atoms with E-state index in [9.17, 15) is 4.79 Å². The third-order valence-corrected chi connectivity index (χ3v) is 3.82. The molecular formula is C13H20N4O2. The van der Waals surface area contributed by atoms with Gasteiger partial charge in [0.2, 0.25) is 0 Å². The van der Waals surface area contributed by atoms with Gasteiger partial charge in [0, 0.05) is 12.7 Å². The topological polar surface area (TPSA) is 78.3 Å². The molecule has 2 heterocycles. The molecule has 1 aromatic heterocycles. The average Bonchev–Trinajstić information content (AvgIpc) is 2.41. The smallest absolute Gasteiger partial charge is 0.341 e. The summed E-state index contributed by atoms with van der Waals surface area (Å²) in [6.07, 6.45) is 4.90. The van der Waals surface area contributed by atoms with Crippen molar-refractivity contribution in [2.75, 3.05) is 32.0 Å². The molecule has 0 aliphatic carbocycles. The Morgan fingerprint density at radius 3 is 2.84 bits per heavy atom. The van der Waals surface area contributed by atoms with Gasteiger partial charge in [-0.2, -0.15) is 0 Å². The van der Waals surface area contributed by atoms with Crippen molar-refractivity contribution in [1.29, 1.82) is 0 Å². The van der Waals surface area contributed by atoms with Crippen molar-refractivity contribution < 1.29 is 9.90 Å². The van der Waals surface area contributed by atoms with Crippen LogP contribution in [0.15, 0.2) is 12.5 Å². The molecule has 2 rings (SSSR count). The second-order valence-electron chi connectivity index (χ2n) is 5.56. The molecule has 1 aliphatic rings. The number of hydrogen-bond acceptors (Lipinski definition) is 5. The van der Waals surface area contributed by atoms with E-state index < -0.39 is 5.97 Å². The van der Waals surface area contributed by atoms with Crippen LogP contribution in [0.25, 0.3) is 0 Å². The Labute approximate surface area is 112 Å². The van der Waals surface area contributed by atoms with Crippen LogP contribution in [0.2, 0.25) is 0 Å². The lowest BCUT2D eigenvalue weighted by Crippen LogP contribution is -2.40. The maximum atomic E-state index is 11.1. The minimum Gasteiger partial charge on any atom is -0.477 e. The molecule has 1 aromatic rings. The monoisotopic (exact) mass is 264 g/mol. The van der Waals surface area contributed by atoms with Gasteiger partial charge >= 0.3 is 5.97 Å². The first kappa shape index (κ1) is 13.7. The number of rotatable bonds is 4. The van der Waals surface area contributed by atoms with E-state index >= 15 is 0 Å². The molecular weight excluding hydrogens is 244 g/mol. The summed E-state index contributed by atoms with van der Waals surface area (Å²) >= 11 is 0. The number of aromatic nitrogens is 2. The van der Waals surface area contributed by atoms with Crippen LogP contribution in [-0.2, 0) is 0 Å². The molecule has 0 radical (unpaired) electrons. The molecule has 1 fully saturated rings. The third-order valence-electron chi connectivity index (χ3n) is 3.82. The second kappa shape index (κ2) is 5.52. The van der Waals surface area contributed by atoms with Gasteiger partial charge in [0.1, 0.15) is 17.7 Å². The molecule has 19 heavy (non-hydrogen) atoms. The molecule has 0 atom stereocenters. The molecule has 6 heteroatoms. The van der Waals surface area contributed by atoms with E-state index in [1.54, 1.807) is 0 Å². The van der Waals surface area contributed by atoms with Crippen LogP contribution in [0.4, 0.5) is 5.82 Å². The summed E-state index contributed by atoms with van der Waals surface area (Å²) in [5.41, 5.74) is 0.312. The van der Waals surface area contributed by atoms with Crippen LogP contribution in [0.1, 0.15) is 30.1 Å². The molecule has 104 valence electrons. The first-order chi connectivity index (χ1) is 9.00. The highest BCUT2D eigenvalue weighted by molar-refractivity contribution is 5.92. The molecule has 0 spiro atoms. The van der Waals surface area contributed by atoms with Gasteiger partial charge in [-0.3, -0.25) is 0 Å². The average molecular weight is 264 g/mol. The van der Waals surface area contributed by atoms with Gasteiger partial charge in [0.05, 0.1) is 0 Å². The number of anilines is 1. The van der Waals surface area contributed by atoms with Gasteiger partial charge in [-0.1, -0.05) is 6.92 Å². The fourth-order valence-corrected chi connectivity index (χ4v) is 2.26. The Balaban J connectivity index is 2.01. The van der Waals surface area contributed by atoms with Crippen LogP contribution in [0, 0.1) is 5.41 Å². The van der Waals surface area contributed by atoms with Crippen molar-refractivity contribution in [1.82, 2.24) is 14.9 Å². The summed E-state index contributed by atoms with van der Waals surface area (Å²) in [4.78, 5) is 21.2. The number of nitrogens with zero attached hydrogens (tertiary/aromatic N) is 3. The Morgan fingerprint density at radius 2 is 2.21 bits per heavy atom. The van der Waals surface area contributed by atoms with Crippen LogP contribution in [0.5, 0.6) is 0 Å². The molecule has 0 saturated carbocycles. The predicted molar refractivity (Wildman–Crippen MR) is 72.3 cm³/mol. The summed E-state index contributed by atoms with van der Waals surface area (Å²) in [6.45, 7) is 5.12. The van der Waals surface area contributed by atoms with E-state index in [2.05, 4.69) is 34.2 Å². The number of hydrogen-bond donors (Lipinski definition) is 2. The predicted octanol–water partition coefficient (Wildman–Crippen LogP) is 1.32. The Kier molecular flexibility index (Phi) is 3.99. The summed E-state index contributed by atoms with van der Waals surface area (Å²) in [5, 5.41) is 12.2. The molecule has 1 aliphatic heterocycles. The maximum Gasteiger partial charge on any atom is 0.341 e. The molecule has 2 N–H and O–H groups in total. The van der Waals surface area contributed by atoms with E-state index in [0.29, 0.717) is 5.82 Å². The van der Waals surface area contributed by atoms with Gasteiger partial charge in [-0.15, -0.1) is 0 Å². The lowest BCUT2D eigenvalue weighted by molar-refractivity contribution is 0.0697. The molecule has 0 bridgehead atoms. The molecule has 0 aromatic carbocycles. The van der Waals surface area contributed by atoms with Gasteiger partial charge in [0.25, 0.3) is 0 Å². The molecule has 0 unspecified atom stereocenters. The molecule has 0 amide bonds. The summed E-state index contributed by atoms with van der Waals surface area (Å²) in [5.74, 6) is -0.598. The minimum absolute atomic E-state index is 0.124. The zero-order chi connectivity index (χ0) is 13.9. The number of piperidine rings is 1. The van der Waals surface area contributed by atoms with Gasteiger partial charge in [0.15, 0.2) is 0 Å². The first-order valence-electron chi connectivity index (χ1n) is 6.46. The lowest BCUT2D eigenvalue weighted by atomic mass is 9.80. The van der Waals surface area contributed by atoms with Crippen molar-refractivity contribution in [3.05, 3.63) is 18.1 Å². The van der Waals surface area contributed by atoms with Crippen LogP contribution in [0.3, 0.4) is 0 Å². The Morgan fingerprint density at radius 1 is 1.53 bits per heavy atom. The van der Waals surface area contributed by atoms with Gasteiger partial charge in [-0.25, -0.2) is 14.8 Å². The van der Waals surface area contributed by atoms with Crippen LogP contribution >= 0.6 is 0 Å². The van der Waals surface area contributed by atoms with E-state index in [0.717, 1.165) is 32.5 Å². The number of nitrogens with one attached hydrogen (secondary N) is 1. The molecule has 1 saturated heterocycles. The van der Waals surface area contributed by atoms with Crippen LogP contribution in [-0.4, -0.2) is 52.6 Å². The van der Waals surface area contributed by atoms with Crippen molar-refractivity contribution in [3.63, 3.8) is 0 Å². The van der Waals surface area contributed by atoms with Gasteiger partial charge < -0.3 is 15.3 Å². The van der Waals surface area contributed by atoms with E-state index in [1.807, 2.05) is 0 Å². The summed E-state index contributed by atoms with van der Waals surface area (Å²) in [7, 11) is 2.12. The van der Waals surface area contributed by atoms with Crippen molar-refractivity contribution in [2.45, 2.75) is 19.8 Å². The standard InChI is InChI=1S/C13H20N4O2/c1-13(3-5-17(2)6-4-13)8-15-11-10(12(18)19)7-14-9-16-11/h7,9H,3-6,8H2,1-2H3,(H,18,19)(H,14,15,16). The zero-order valence-corrected chi connectivity index (χ0v) is 11.4. The fraction of sp³-hybridized carbons (Fsp3) is 0.615. The Bertz CT molecular complexity index is 456. The Hall–Kier alpha value is -1.69. The quantitative estimate of drug-likeness (QED) is 0.854. The number of likely N-dealkylation sites (tertiary alicyclic amines) is 1.